The number of quaternary nitrogens is 2. The summed E-state index contributed by atoms with van der Waals surface area (Å²) in [4.78, 5) is 12.7. The van der Waals surface area contributed by atoms with Gasteiger partial charge in [-0.05, 0) is 19.1 Å². The highest BCUT2D eigenvalue weighted by molar-refractivity contribution is 5.83. The third kappa shape index (κ3) is 2.67. The van der Waals surface area contributed by atoms with Gasteiger partial charge in [0, 0.05) is 11.5 Å². The summed E-state index contributed by atoms with van der Waals surface area (Å²) < 4.78 is 0.993. The van der Waals surface area contributed by atoms with Crippen molar-refractivity contribution in [2.24, 2.45) is 0 Å². The Morgan fingerprint density at radius 3 is 2.33 bits per heavy atom. The number of nitrogens with zero attached hydrogens (tertiary/aromatic N) is 2. The van der Waals surface area contributed by atoms with Crippen LogP contribution in [0.25, 0.3) is 16.5 Å². The highest BCUT2D eigenvalue weighted by atomic mass is 16.8. The summed E-state index contributed by atoms with van der Waals surface area (Å²) >= 11 is 0. The fourth-order valence-electron chi connectivity index (χ4n) is 2.54. The van der Waals surface area contributed by atoms with Gasteiger partial charge in [-0.15, -0.1) is 0 Å². The highest BCUT2D eigenvalue weighted by Gasteiger charge is 2.18. The molecule has 0 spiro atoms. The van der Waals surface area contributed by atoms with E-state index in [0.717, 1.165) is 10.7 Å². The first-order valence-electron chi connectivity index (χ1n) is 7.00. The van der Waals surface area contributed by atoms with E-state index in [1.807, 2.05) is 0 Å². The SMILES string of the molecule is Cc1nn(-c2ccc([NH+]([O-])O)cc2[NH+]([O-])O)c(=O)c2ccccc12. The number of aromatic nitrogens is 2. The molecule has 124 valence electrons. The summed E-state index contributed by atoms with van der Waals surface area (Å²) in [6.07, 6.45) is 0. The molecule has 3 aromatic rings. The van der Waals surface area contributed by atoms with Crippen molar-refractivity contribution in [3.63, 3.8) is 0 Å². The molecular formula is C15H14N4O5. The maximum absolute atomic E-state index is 12.7. The molecule has 0 aliphatic carbocycles. The van der Waals surface area contributed by atoms with Crippen LogP contribution in [-0.4, -0.2) is 20.2 Å². The zero-order valence-corrected chi connectivity index (χ0v) is 12.6. The van der Waals surface area contributed by atoms with E-state index in [4.69, 9.17) is 5.21 Å². The van der Waals surface area contributed by atoms with E-state index >= 15 is 0 Å². The third-order valence-corrected chi connectivity index (χ3v) is 3.69. The molecule has 0 fully saturated rings. The molecule has 3 rings (SSSR count). The lowest BCUT2D eigenvalue weighted by molar-refractivity contribution is -0.996. The number of benzene rings is 2. The van der Waals surface area contributed by atoms with Gasteiger partial charge >= 0.3 is 0 Å². The van der Waals surface area contributed by atoms with Crippen molar-refractivity contribution in [3.8, 4) is 5.69 Å². The molecule has 2 atom stereocenters. The van der Waals surface area contributed by atoms with E-state index in [-0.39, 0.29) is 17.1 Å². The molecule has 0 radical (unpaired) electrons. The summed E-state index contributed by atoms with van der Waals surface area (Å²) in [5.74, 6) is 0. The van der Waals surface area contributed by atoms with Crippen LogP contribution < -0.4 is 16.0 Å². The second-order valence-electron chi connectivity index (χ2n) is 5.19. The van der Waals surface area contributed by atoms with Gasteiger partial charge in [-0.25, -0.2) is 10.4 Å². The Labute approximate surface area is 135 Å². The van der Waals surface area contributed by atoms with Gasteiger partial charge in [0.1, 0.15) is 5.69 Å². The summed E-state index contributed by atoms with van der Waals surface area (Å²) in [5, 5.41) is 43.6. The van der Waals surface area contributed by atoms with E-state index in [2.05, 4.69) is 5.10 Å². The molecule has 9 nitrogen and oxygen atoms in total. The fourth-order valence-corrected chi connectivity index (χ4v) is 2.54. The Bertz CT molecular complexity index is 968. The number of hydrogen-bond donors (Lipinski definition) is 4. The molecule has 1 aromatic heterocycles. The molecule has 0 aliphatic rings. The standard InChI is InChI=1S/C15H14N4O5/c1-9-11-4-2-3-5-12(11)15(20)17(16-9)13-7-6-10(18(21)22)8-14(13)19(23)24/h2-8,18-19,21,23H,1H3. The lowest BCUT2D eigenvalue weighted by Crippen LogP contribution is -3.01. The van der Waals surface area contributed by atoms with Crippen LogP contribution in [-0.2, 0) is 0 Å². The maximum atomic E-state index is 12.7. The first-order valence-corrected chi connectivity index (χ1v) is 7.00. The maximum Gasteiger partial charge on any atom is 0.279 e. The van der Waals surface area contributed by atoms with Crippen LogP contribution in [0.2, 0.25) is 0 Å². The molecule has 0 bridgehead atoms. The molecule has 2 aromatic carbocycles. The topological polar surface area (TPSA) is 130 Å². The van der Waals surface area contributed by atoms with Crippen LogP contribution in [0.5, 0.6) is 0 Å². The predicted octanol–water partition coefficient (Wildman–Crippen LogP) is -0.499. The molecule has 24 heavy (non-hydrogen) atoms. The lowest BCUT2D eigenvalue weighted by Gasteiger charge is -2.19. The monoisotopic (exact) mass is 330 g/mol. The Balaban J connectivity index is 2.32. The number of nitrogens with one attached hydrogen (secondary N) is 2. The van der Waals surface area contributed by atoms with Crippen LogP contribution in [0.4, 0.5) is 11.4 Å². The highest BCUT2D eigenvalue weighted by Crippen LogP contribution is 2.20. The largest absolute Gasteiger partial charge is 0.595 e. The van der Waals surface area contributed by atoms with Gasteiger partial charge in [0.15, 0.2) is 11.4 Å². The van der Waals surface area contributed by atoms with Crippen molar-refractivity contribution in [1.82, 2.24) is 9.78 Å². The van der Waals surface area contributed by atoms with Gasteiger partial charge in [-0.1, -0.05) is 18.2 Å². The molecule has 2 unspecified atom stereocenters. The zero-order valence-electron chi connectivity index (χ0n) is 12.6. The molecule has 9 heteroatoms. The van der Waals surface area contributed by atoms with E-state index in [9.17, 15) is 20.4 Å². The van der Waals surface area contributed by atoms with E-state index in [1.165, 1.54) is 12.1 Å². The van der Waals surface area contributed by atoms with Gasteiger partial charge in [0.25, 0.3) is 5.56 Å². The smallest absolute Gasteiger partial charge is 0.279 e. The molecule has 0 aliphatic heterocycles. The van der Waals surface area contributed by atoms with E-state index in [1.54, 1.807) is 31.2 Å². The molecule has 0 saturated carbocycles. The fraction of sp³-hybridized carbons (Fsp3) is 0.0667. The van der Waals surface area contributed by atoms with Crippen molar-refractivity contribution < 1.29 is 20.9 Å². The minimum Gasteiger partial charge on any atom is -0.595 e. The third-order valence-electron chi connectivity index (χ3n) is 3.69. The summed E-state index contributed by atoms with van der Waals surface area (Å²) in [5.41, 5.74) is -0.377. The zero-order chi connectivity index (χ0) is 17.4. The molecule has 4 N–H and O–H groups in total. The van der Waals surface area contributed by atoms with Crippen LogP contribution in [0.1, 0.15) is 5.69 Å². The van der Waals surface area contributed by atoms with Crippen molar-refractivity contribution in [1.29, 1.82) is 0 Å². The summed E-state index contributed by atoms with van der Waals surface area (Å²) in [6, 6.07) is 10.4. The van der Waals surface area contributed by atoms with Gasteiger partial charge in [0.2, 0.25) is 0 Å². The van der Waals surface area contributed by atoms with Gasteiger partial charge in [-0.2, -0.15) is 20.2 Å². The lowest BCUT2D eigenvalue weighted by atomic mass is 10.1. The average Bonchev–Trinajstić information content (AvgIpc) is 2.57. The van der Waals surface area contributed by atoms with E-state index in [0.29, 0.717) is 16.5 Å². The van der Waals surface area contributed by atoms with Gasteiger partial charge < -0.3 is 10.4 Å². The number of hydrogen-bond acceptors (Lipinski definition) is 6. The summed E-state index contributed by atoms with van der Waals surface area (Å²) in [6.45, 7) is 1.71. The van der Waals surface area contributed by atoms with Crippen LogP contribution in [0.3, 0.4) is 0 Å². The van der Waals surface area contributed by atoms with Crippen molar-refractivity contribution >= 4 is 22.1 Å². The minimum absolute atomic E-state index is 0.0198. The Hall–Kier alpha value is -2.66. The molecule has 0 saturated heterocycles. The normalized spacial score (nSPS) is 13.9. The second kappa shape index (κ2) is 6.09. The first kappa shape index (κ1) is 16.2. The average molecular weight is 330 g/mol. The van der Waals surface area contributed by atoms with Crippen LogP contribution in [0, 0.1) is 17.3 Å². The predicted molar refractivity (Wildman–Crippen MR) is 83.6 cm³/mol. The van der Waals surface area contributed by atoms with Gasteiger partial charge in [0.05, 0.1) is 17.1 Å². The Morgan fingerprint density at radius 1 is 1.04 bits per heavy atom. The Kier molecular flexibility index (Phi) is 4.11. The van der Waals surface area contributed by atoms with Crippen molar-refractivity contribution in [2.75, 3.05) is 0 Å². The number of fused-ring (bicyclic) bond motifs is 1. The van der Waals surface area contributed by atoms with Crippen LogP contribution >= 0.6 is 0 Å². The van der Waals surface area contributed by atoms with E-state index < -0.39 is 16.0 Å². The minimum atomic E-state index is -1.34. The van der Waals surface area contributed by atoms with Crippen molar-refractivity contribution in [3.05, 3.63) is 68.9 Å². The number of rotatable bonds is 3. The van der Waals surface area contributed by atoms with Gasteiger partial charge in [-0.3, -0.25) is 4.79 Å². The second-order valence-corrected chi connectivity index (χ2v) is 5.19. The molecule has 0 amide bonds. The Morgan fingerprint density at radius 2 is 1.71 bits per heavy atom. The van der Waals surface area contributed by atoms with Crippen molar-refractivity contribution in [2.45, 2.75) is 6.92 Å². The summed E-state index contributed by atoms with van der Waals surface area (Å²) in [7, 11) is 0. The first-order chi connectivity index (χ1) is 11.4. The quantitative estimate of drug-likeness (QED) is 0.479. The van der Waals surface area contributed by atoms with Crippen LogP contribution in [0.15, 0.2) is 47.3 Å². The molecule has 1 heterocycles. The number of aryl methyl sites for hydroxylation is 1. The molecular weight excluding hydrogens is 316 g/mol.